The van der Waals surface area contributed by atoms with Crippen molar-refractivity contribution >= 4 is 21.8 Å². The van der Waals surface area contributed by atoms with E-state index in [2.05, 4.69) is 66.3 Å². The number of carbonyl (C=O) groups excluding carboxylic acids is 1. The lowest BCUT2D eigenvalue weighted by molar-refractivity contribution is -0.121. The van der Waals surface area contributed by atoms with Crippen LogP contribution < -0.4 is 5.32 Å². The molecule has 100 valence electrons. The minimum Gasteiger partial charge on any atom is -0.352 e. The number of amides is 1. The minimum absolute atomic E-state index is 0.133. The van der Waals surface area contributed by atoms with Crippen molar-refractivity contribution in [2.45, 2.75) is 39.7 Å². The highest BCUT2D eigenvalue weighted by Gasteiger charge is 2.14. The van der Waals surface area contributed by atoms with Gasteiger partial charge in [-0.15, -0.1) is 0 Å². The topological polar surface area (TPSA) is 29.1 Å². The summed E-state index contributed by atoms with van der Waals surface area (Å²) >= 11 is 3.43. The molecule has 0 spiro atoms. The highest BCUT2D eigenvalue weighted by molar-refractivity contribution is 9.09. The summed E-state index contributed by atoms with van der Waals surface area (Å²) in [5, 5.41) is 3.87. The molecule has 1 aromatic carbocycles. The van der Waals surface area contributed by atoms with Crippen LogP contribution in [0, 0.1) is 12.8 Å². The average molecular weight is 312 g/mol. The summed E-state index contributed by atoms with van der Waals surface area (Å²) in [4.78, 5) is 11.8. The first-order chi connectivity index (χ1) is 8.52. The Morgan fingerprint density at radius 1 is 1.28 bits per heavy atom. The maximum Gasteiger partial charge on any atom is 0.220 e. The Balaban J connectivity index is 2.39. The van der Waals surface area contributed by atoms with Crippen LogP contribution >= 0.6 is 15.9 Å². The lowest BCUT2D eigenvalue weighted by atomic mass is 10.1. The summed E-state index contributed by atoms with van der Waals surface area (Å²) in [5.74, 6) is 0.585. The van der Waals surface area contributed by atoms with Gasteiger partial charge < -0.3 is 5.32 Å². The predicted molar refractivity (Wildman–Crippen MR) is 80.1 cm³/mol. The Labute approximate surface area is 118 Å². The number of hydrogen-bond acceptors (Lipinski definition) is 1. The number of halogens is 1. The van der Waals surface area contributed by atoms with E-state index in [9.17, 15) is 4.79 Å². The summed E-state index contributed by atoms with van der Waals surface area (Å²) in [6.45, 7) is 6.30. The fraction of sp³-hybridized carbons (Fsp3) is 0.533. The van der Waals surface area contributed by atoms with Gasteiger partial charge in [-0.3, -0.25) is 4.79 Å². The molecular weight excluding hydrogens is 290 g/mol. The standard InChI is InChI=1S/C15H22BrNO/c1-11(2)14(10-16)17-15(18)9-8-13-6-4-12(3)5-7-13/h4-7,11,14H,8-10H2,1-3H3,(H,17,18). The fourth-order valence-electron chi connectivity index (χ4n) is 1.67. The summed E-state index contributed by atoms with van der Waals surface area (Å²) in [6.07, 6.45) is 1.36. The van der Waals surface area contributed by atoms with Gasteiger partial charge in [-0.1, -0.05) is 59.6 Å². The van der Waals surface area contributed by atoms with E-state index >= 15 is 0 Å². The monoisotopic (exact) mass is 311 g/mol. The van der Waals surface area contributed by atoms with Crippen molar-refractivity contribution in [3.8, 4) is 0 Å². The second-order valence-corrected chi connectivity index (χ2v) is 5.71. The molecule has 0 aliphatic heterocycles. The molecule has 0 aliphatic carbocycles. The highest BCUT2D eigenvalue weighted by Crippen LogP contribution is 2.08. The first-order valence-corrected chi connectivity index (χ1v) is 7.56. The molecule has 1 unspecified atom stereocenters. The molecule has 18 heavy (non-hydrogen) atoms. The minimum atomic E-state index is 0.133. The maximum absolute atomic E-state index is 11.8. The van der Waals surface area contributed by atoms with Crippen LogP contribution in [0.1, 0.15) is 31.4 Å². The fourth-order valence-corrected chi connectivity index (χ4v) is 2.58. The number of nitrogens with one attached hydrogen (secondary N) is 1. The van der Waals surface area contributed by atoms with Gasteiger partial charge in [0.2, 0.25) is 5.91 Å². The molecule has 2 nitrogen and oxygen atoms in total. The second-order valence-electron chi connectivity index (χ2n) is 5.06. The van der Waals surface area contributed by atoms with Crippen molar-refractivity contribution in [1.29, 1.82) is 0 Å². The molecule has 0 saturated heterocycles. The van der Waals surface area contributed by atoms with E-state index in [0.717, 1.165) is 11.8 Å². The lowest BCUT2D eigenvalue weighted by Gasteiger charge is -2.19. The quantitative estimate of drug-likeness (QED) is 0.801. The predicted octanol–water partition coefficient (Wildman–Crippen LogP) is 3.46. The number of alkyl halides is 1. The van der Waals surface area contributed by atoms with Crippen LogP contribution in [0.5, 0.6) is 0 Å². The molecule has 1 amide bonds. The van der Waals surface area contributed by atoms with Gasteiger partial charge in [-0.05, 0) is 24.8 Å². The molecule has 0 saturated carbocycles. The van der Waals surface area contributed by atoms with Crippen molar-refractivity contribution in [1.82, 2.24) is 5.32 Å². The van der Waals surface area contributed by atoms with Crippen LogP contribution in [0.25, 0.3) is 0 Å². The molecule has 0 fully saturated rings. The van der Waals surface area contributed by atoms with Crippen LogP contribution in [0.2, 0.25) is 0 Å². The normalized spacial score (nSPS) is 12.5. The molecule has 0 heterocycles. The van der Waals surface area contributed by atoms with Crippen LogP contribution in [0.3, 0.4) is 0 Å². The Morgan fingerprint density at radius 2 is 1.89 bits per heavy atom. The first kappa shape index (κ1) is 15.2. The van der Waals surface area contributed by atoms with E-state index in [0.29, 0.717) is 12.3 Å². The molecular formula is C15H22BrNO. The Bertz CT molecular complexity index is 373. The number of aryl methyl sites for hydroxylation is 2. The van der Waals surface area contributed by atoms with Crippen LogP contribution in [-0.4, -0.2) is 17.3 Å². The van der Waals surface area contributed by atoms with Gasteiger partial charge in [0.15, 0.2) is 0 Å². The summed E-state index contributed by atoms with van der Waals surface area (Å²) in [6, 6.07) is 8.57. The van der Waals surface area contributed by atoms with Crippen molar-refractivity contribution in [2.75, 3.05) is 5.33 Å². The number of hydrogen-bond donors (Lipinski definition) is 1. The van der Waals surface area contributed by atoms with Crippen LogP contribution in [0.15, 0.2) is 24.3 Å². The molecule has 1 rings (SSSR count). The Hall–Kier alpha value is -0.830. The van der Waals surface area contributed by atoms with Crippen LogP contribution in [0.4, 0.5) is 0 Å². The van der Waals surface area contributed by atoms with E-state index in [1.807, 2.05) is 0 Å². The van der Waals surface area contributed by atoms with Gasteiger partial charge in [0.05, 0.1) is 0 Å². The van der Waals surface area contributed by atoms with E-state index in [4.69, 9.17) is 0 Å². The first-order valence-electron chi connectivity index (χ1n) is 6.43. The van der Waals surface area contributed by atoms with Gasteiger partial charge >= 0.3 is 0 Å². The van der Waals surface area contributed by atoms with Gasteiger partial charge in [0, 0.05) is 17.8 Å². The SMILES string of the molecule is Cc1ccc(CCC(=O)NC(CBr)C(C)C)cc1. The summed E-state index contributed by atoms with van der Waals surface area (Å²) in [5.41, 5.74) is 2.47. The molecule has 3 heteroatoms. The molecule has 0 aromatic heterocycles. The van der Waals surface area contributed by atoms with E-state index < -0.39 is 0 Å². The third kappa shape index (κ3) is 5.21. The van der Waals surface area contributed by atoms with Crippen LogP contribution in [-0.2, 0) is 11.2 Å². The number of carbonyl (C=O) groups is 1. The lowest BCUT2D eigenvalue weighted by Crippen LogP contribution is -2.39. The van der Waals surface area contributed by atoms with E-state index in [1.54, 1.807) is 0 Å². The Kier molecular flexibility index (Phi) is 6.41. The molecule has 0 radical (unpaired) electrons. The van der Waals surface area contributed by atoms with Crippen molar-refractivity contribution in [3.63, 3.8) is 0 Å². The zero-order valence-electron chi connectivity index (χ0n) is 11.4. The largest absolute Gasteiger partial charge is 0.352 e. The average Bonchev–Trinajstić information content (AvgIpc) is 2.35. The molecule has 1 aromatic rings. The smallest absolute Gasteiger partial charge is 0.220 e. The van der Waals surface area contributed by atoms with Crippen molar-refractivity contribution in [3.05, 3.63) is 35.4 Å². The third-order valence-corrected chi connectivity index (χ3v) is 3.78. The van der Waals surface area contributed by atoms with Gasteiger partial charge in [0.25, 0.3) is 0 Å². The summed E-state index contributed by atoms with van der Waals surface area (Å²) in [7, 11) is 0. The molecule has 0 bridgehead atoms. The van der Waals surface area contributed by atoms with Gasteiger partial charge in [-0.2, -0.15) is 0 Å². The second kappa shape index (κ2) is 7.57. The van der Waals surface area contributed by atoms with E-state index in [-0.39, 0.29) is 11.9 Å². The Morgan fingerprint density at radius 3 is 2.39 bits per heavy atom. The van der Waals surface area contributed by atoms with E-state index in [1.165, 1.54) is 11.1 Å². The zero-order valence-corrected chi connectivity index (χ0v) is 13.0. The zero-order chi connectivity index (χ0) is 13.5. The number of benzene rings is 1. The van der Waals surface area contributed by atoms with Crippen molar-refractivity contribution < 1.29 is 4.79 Å². The molecule has 0 aliphatic rings. The van der Waals surface area contributed by atoms with Gasteiger partial charge in [0.1, 0.15) is 0 Å². The third-order valence-electron chi connectivity index (χ3n) is 3.08. The molecule has 1 N–H and O–H groups in total. The molecule has 1 atom stereocenters. The highest BCUT2D eigenvalue weighted by atomic mass is 79.9. The van der Waals surface area contributed by atoms with Gasteiger partial charge in [-0.25, -0.2) is 0 Å². The van der Waals surface area contributed by atoms with Crippen molar-refractivity contribution in [2.24, 2.45) is 5.92 Å². The number of rotatable bonds is 6. The maximum atomic E-state index is 11.8. The summed E-state index contributed by atoms with van der Waals surface area (Å²) < 4.78 is 0.